The number of aromatic nitrogens is 4. The van der Waals surface area contributed by atoms with E-state index in [2.05, 4.69) is 15.5 Å². The van der Waals surface area contributed by atoms with Gasteiger partial charge in [-0.15, -0.1) is 0 Å². The molecule has 0 saturated carbocycles. The normalized spacial score (nSPS) is 10.8. The third-order valence-corrected chi connectivity index (χ3v) is 3.19. The second-order valence-electron chi connectivity index (χ2n) is 4.98. The molecule has 0 spiro atoms. The Morgan fingerprint density at radius 2 is 2.05 bits per heavy atom. The van der Waals surface area contributed by atoms with Crippen LogP contribution in [0.25, 0.3) is 0 Å². The number of hydrogen-bond donors (Lipinski definition) is 1. The zero-order chi connectivity index (χ0) is 14.5. The molecular formula is C14H21N5O. The van der Waals surface area contributed by atoms with Crippen molar-refractivity contribution in [2.45, 2.75) is 40.3 Å². The van der Waals surface area contributed by atoms with E-state index in [-0.39, 0.29) is 12.5 Å². The summed E-state index contributed by atoms with van der Waals surface area (Å²) in [6.45, 7) is 7.65. The van der Waals surface area contributed by atoms with Gasteiger partial charge in [0.1, 0.15) is 6.54 Å². The van der Waals surface area contributed by atoms with Gasteiger partial charge < -0.3 is 5.32 Å². The summed E-state index contributed by atoms with van der Waals surface area (Å²) in [5.74, 6) is -0.00612. The lowest BCUT2D eigenvalue weighted by Gasteiger charge is -2.07. The highest BCUT2D eigenvalue weighted by atomic mass is 16.2. The molecule has 2 heterocycles. The van der Waals surface area contributed by atoms with E-state index >= 15 is 0 Å². The molecule has 6 nitrogen and oxygen atoms in total. The minimum absolute atomic E-state index is 0.00612. The molecular weight excluding hydrogens is 254 g/mol. The highest BCUT2D eigenvalue weighted by Crippen LogP contribution is 2.01. The molecule has 0 bridgehead atoms. The van der Waals surface area contributed by atoms with Crippen molar-refractivity contribution in [2.24, 2.45) is 0 Å². The van der Waals surface area contributed by atoms with Gasteiger partial charge in [-0.25, -0.2) is 0 Å². The Labute approximate surface area is 118 Å². The summed E-state index contributed by atoms with van der Waals surface area (Å²) in [6.07, 6.45) is 2.65. The van der Waals surface area contributed by atoms with E-state index in [4.69, 9.17) is 0 Å². The van der Waals surface area contributed by atoms with Crippen molar-refractivity contribution in [2.75, 3.05) is 6.54 Å². The zero-order valence-electron chi connectivity index (χ0n) is 12.3. The quantitative estimate of drug-likeness (QED) is 0.806. The molecule has 0 aliphatic carbocycles. The third kappa shape index (κ3) is 3.69. The molecule has 0 fully saturated rings. The minimum Gasteiger partial charge on any atom is -0.354 e. The van der Waals surface area contributed by atoms with Gasteiger partial charge in [0.2, 0.25) is 5.91 Å². The number of carbonyl (C=O) groups excluding carboxylic acids is 1. The zero-order valence-corrected chi connectivity index (χ0v) is 12.3. The number of nitrogens with zero attached hydrogens (tertiary/aromatic N) is 4. The van der Waals surface area contributed by atoms with Crippen molar-refractivity contribution in [1.82, 2.24) is 24.9 Å². The van der Waals surface area contributed by atoms with Crippen molar-refractivity contribution in [3.63, 3.8) is 0 Å². The summed E-state index contributed by atoms with van der Waals surface area (Å²) < 4.78 is 3.66. The fourth-order valence-electron chi connectivity index (χ4n) is 2.12. The first kappa shape index (κ1) is 14.3. The van der Waals surface area contributed by atoms with Gasteiger partial charge in [0.05, 0.1) is 5.69 Å². The molecule has 6 heteroatoms. The first-order chi connectivity index (χ1) is 9.56. The molecule has 0 aromatic carbocycles. The summed E-state index contributed by atoms with van der Waals surface area (Å²) in [5, 5.41) is 11.4. The maximum atomic E-state index is 11.8. The van der Waals surface area contributed by atoms with Gasteiger partial charge in [-0.2, -0.15) is 10.2 Å². The topological polar surface area (TPSA) is 64.7 Å². The van der Waals surface area contributed by atoms with E-state index in [1.54, 1.807) is 10.9 Å². The summed E-state index contributed by atoms with van der Waals surface area (Å²) in [6, 6.07) is 3.94. The first-order valence-corrected chi connectivity index (χ1v) is 6.82. The van der Waals surface area contributed by atoms with Gasteiger partial charge in [-0.1, -0.05) is 0 Å². The molecule has 0 unspecified atom stereocenters. The van der Waals surface area contributed by atoms with Crippen LogP contribution in [0.15, 0.2) is 18.3 Å². The molecule has 0 radical (unpaired) electrons. The summed E-state index contributed by atoms with van der Waals surface area (Å²) >= 11 is 0. The maximum Gasteiger partial charge on any atom is 0.241 e. The Hall–Kier alpha value is -2.11. The second-order valence-corrected chi connectivity index (χ2v) is 4.98. The summed E-state index contributed by atoms with van der Waals surface area (Å²) in [4.78, 5) is 11.8. The van der Waals surface area contributed by atoms with E-state index < -0.39 is 0 Å². The number of amides is 1. The lowest BCUT2D eigenvalue weighted by Crippen LogP contribution is -2.29. The number of aryl methyl sites for hydroxylation is 4. The lowest BCUT2D eigenvalue weighted by atomic mass is 10.4. The molecule has 20 heavy (non-hydrogen) atoms. The van der Waals surface area contributed by atoms with E-state index in [0.29, 0.717) is 6.54 Å². The van der Waals surface area contributed by atoms with Gasteiger partial charge >= 0.3 is 0 Å². The van der Waals surface area contributed by atoms with Crippen molar-refractivity contribution < 1.29 is 4.79 Å². The Bertz CT molecular complexity index is 584. The third-order valence-electron chi connectivity index (χ3n) is 3.19. The summed E-state index contributed by atoms with van der Waals surface area (Å²) in [7, 11) is 0. The molecule has 0 aliphatic rings. The maximum absolute atomic E-state index is 11.8. The molecule has 0 saturated heterocycles. The minimum atomic E-state index is -0.00612. The number of carbonyl (C=O) groups is 1. The molecule has 108 valence electrons. The van der Waals surface area contributed by atoms with Gasteiger partial charge in [-0.3, -0.25) is 14.2 Å². The van der Waals surface area contributed by atoms with Crippen LogP contribution in [0.3, 0.4) is 0 Å². The average molecular weight is 275 g/mol. The SMILES string of the molecule is Cc1cc(C)n(CC(=O)NCCCn2nccc2C)n1. The average Bonchev–Trinajstić information content (AvgIpc) is 2.92. The van der Waals surface area contributed by atoms with Gasteiger partial charge in [0.25, 0.3) is 0 Å². The monoisotopic (exact) mass is 275 g/mol. The van der Waals surface area contributed by atoms with Crippen molar-refractivity contribution in [3.8, 4) is 0 Å². The van der Waals surface area contributed by atoms with Gasteiger partial charge in [-0.05, 0) is 39.3 Å². The Kier molecular flexibility index (Phi) is 4.55. The second kappa shape index (κ2) is 6.36. The Balaban J connectivity index is 1.70. The Morgan fingerprint density at radius 3 is 2.65 bits per heavy atom. The fourth-order valence-corrected chi connectivity index (χ4v) is 2.12. The van der Waals surface area contributed by atoms with Crippen LogP contribution in [0.1, 0.15) is 23.5 Å². The highest BCUT2D eigenvalue weighted by Gasteiger charge is 2.06. The Morgan fingerprint density at radius 1 is 1.25 bits per heavy atom. The van der Waals surface area contributed by atoms with Crippen LogP contribution in [0.2, 0.25) is 0 Å². The predicted octanol–water partition coefficient (Wildman–Crippen LogP) is 1.21. The standard InChI is InChI=1S/C14H21N5O/c1-11-9-13(3)19(17-11)10-14(20)15-6-4-8-18-12(2)5-7-16-18/h5,7,9H,4,6,8,10H2,1-3H3,(H,15,20). The first-order valence-electron chi connectivity index (χ1n) is 6.82. The molecule has 0 atom stereocenters. The van der Waals surface area contributed by atoms with Crippen LogP contribution in [-0.4, -0.2) is 32.0 Å². The molecule has 2 aromatic rings. The van der Waals surface area contributed by atoms with Crippen LogP contribution in [0.4, 0.5) is 0 Å². The van der Waals surface area contributed by atoms with Gasteiger partial charge in [0, 0.05) is 30.7 Å². The van der Waals surface area contributed by atoms with Crippen LogP contribution in [-0.2, 0) is 17.9 Å². The number of nitrogens with one attached hydrogen (secondary N) is 1. The summed E-state index contributed by atoms with van der Waals surface area (Å²) in [5.41, 5.74) is 3.08. The molecule has 2 rings (SSSR count). The van der Waals surface area contributed by atoms with Gasteiger partial charge in [0.15, 0.2) is 0 Å². The molecule has 1 amide bonds. The molecule has 1 N–H and O–H groups in total. The molecule has 0 aliphatic heterocycles. The van der Waals surface area contributed by atoms with Crippen LogP contribution >= 0.6 is 0 Å². The van der Waals surface area contributed by atoms with E-state index in [1.165, 1.54) is 0 Å². The largest absolute Gasteiger partial charge is 0.354 e. The van der Waals surface area contributed by atoms with Crippen LogP contribution < -0.4 is 5.32 Å². The van der Waals surface area contributed by atoms with Crippen molar-refractivity contribution >= 4 is 5.91 Å². The predicted molar refractivity (Wildman–Crippen MR) is 76.3 cm³/mol. The van der Waals surface area contributed by atoms with E-state index in [0.717, 1.165) is 30.0 Å². The fraction of sp³-hybridized carbons (Fsp3) is 0.500. The molecule has 2 aromatic heterocycles. The van der Waals surface area contributed by atoms with E-state index in [9.17, 15) is 4.79 Å². The lowest BCUT2D eigenvalue weighted by molar-refractivity contribution is -0.121. The number of rotatable bonds is 6. The van der Waals surface area contributed by atoms with Crippen molar-refractivity contribution in [1.29, 1.82) is 0 Å². The number of hydrogen-bond acceptors (Lipinski definition) is 3. The van der Waals surface area contributed by atoms with Crippen LogP contribution in [0, 0.1) is 20.8 Å². The van der Waals surface area contributed by atoms with E-state index in [1.807, 2.05) is 37.6 Å². The highest BCUT2D eigenvalue weighted by molar-refractivity contribution is 5.75. The smallest absolute Gasteiger partial charge is 0.241 e. The van der Waals surface area contributed by atoms with Crippen molar-refractivity contribution in [3.05, 3.63) is 35.4 Å². The van der Waals surface area contributed by atoms with Crippen LogP contribution in [0.5, 0.6) is 0 Å².